The van der Waals surface area contributed by atoms with Gasteiger partial charge in [-0.05, 0) is 18.6 Å². The Morgan fingerprint density at radius 2 is 2.10 bits per heavy atom. The smallest absolute Gasteiger partial charge is 0.359 e. The minimum absolute atomic E-state index is 0.330. The molecule has 29 heavy (non-hydrogen) atoms. The molecule has 1 aliphatic rings. The van der Waals surface area contributed by atoms with Gasteiger partial charge < -0.3 is 9.47 Å². The highest BCUT2D eigenvalue weighted by Crippen LogP contribution is 2.26. The number of carbonyl (C=O) groups excluding carboxylic acids is 1. The maximum absolute atomic E-state index is 12.5. The first kappa shape index (κ1) is 19.5. The number of esters is 1. The van der Waals surface area contributed by atoms with E-state index >= 15 is 0 Å². The Bertz CT molecular complexity index is 1010. The molecule has 0 bridgehead atoms. The molecular weight excluding hydrogens is 370 g/mol. The van der Waals surface area contributed by atoms with Gasteiger partial charge in [0.15, 0.2) is 5.69 Å². The highest BCUT2D eigenvalue weighted by molar-refractivity contribution is 5.89. The van der Waals surface area contributed by atoms with Crippen molar-refractivity contribution in [3.8, 4) is 0 Å². The molecule has 0 fully saturated rings. The summed E-state index contributed by atoms with van der Waals surface area (Å²) < 4.78 is 12.3. The Morgan fingerprint density at radius 1 is 1.24 bits per heavy atom. The maximum Gasteiger partial charge on any atom is 0.359 e. The lowest BCUT2D eigenvalue weighted by atomic mass is 10.0. The predicted molar refractivity (Wildman–Crippen MR) is 107 cm³/mol. The van der Waals surface area contributed by atoms with Crippen LogP contribution in [0.15, 0.2) is 30.6 Å². The van der Waals surface area contributed by atoms with Crippen molar-refractivity contribution >= 4 is 17.0 Å². The van der Waals surface area contributed by atoms with Crippen molar-refractivity contribution in [3.05, 3.63) is 53.1 Å². The molecule has 0 radical (unpaired) electrons. The van der Waals surface area contributed by atoms with Crippen LogP contribution in [0.3, 0.4) is 0 Å². The minimum Gasteiger partial charge on any atom is -0.461 e. The molecule has 0 atom stereocenters. The molecule has 0 saturated heterocycles. The Labute approximate surface area is 169 Å². The van der Waals surface area contributed by atoms with E-state index in [-0.39, 0.29) is 5.97 Å². The second-order valence-electron chi connectivity index (χ2n) is 7.01. The fraction of sp³-hybridized carbons (Fsp3) is 0.429. The quantitative estimate of drug-likeness (QED) is 0.567. The predicted octanol–water partition coefficient (Wildman–Crippen LogP) is 2.21. The number of hydrogen-bond acceptors (Lipinski definition) is 7. The van der Waals surface area contributed by atoms with Crippen LogP contribution in [0, 0.1) is 0 Å². The molecule has 0 amide bonds. The van der Waals surface area contributed by atoms with Crippen molar-refractivity contribution in [2.75, 3.05) is 26.9 Å². The molecule has 8 heteroatoms. The van der Waals surface area contributed by atoms with Crippen LogP contribution < -0.4 is 0 Å². The number of rotatable bonds is 7. The van der Waals surface area contributed by atoms with Crippen molar-refractivity contribution in [2.45, 2.75) is 33.0 Å². The molecule has 4 rings (SSSR count). The normalized spacial score (nSPS) is 14.1. The second-order valence-corrected chi connectivity index (χ2v) is 7.01. The molecule has 3 aromatic rings. The standard InChI is InChI=1S/C21H25N5O3/c1-3-29-21(27)20-16-14-25(10-7-18(16)26(24-20)11-12-28-2)13-15-5-4-6-17-19(15)23-9-8-22-17/h4-6,8-9H,3,7,10-14H2,1-2H3. The molecule has 152 valence electrons. The maximum atomic E-state index is 12.5. The van der Waals surface area contributed by atoms with Crippen molar-refractivity contribution < 1.29 is 14.3 Å². The third-order valence-electron chi connectivity index (χ3n) is 5.17. The van der Waals surface area contributed by atoms with Crippen LogP contribution >= 0.6 is 0 Å². The molecule has 0 unspecified atom stereocenters. The summed E-state index contributed by atoms with van der Waals surface area (Å²) in [6.07, 6.45) is 4.25. The number of benzene rings is 1. The molecule has 0 spiro atoms. The fourth-order valence-corrected chi connectivity index (χ4v) is 3.83. The molecule has 0 saturated carbocycles. The van der Waals surface area contributed by atoms with Crippen LogP contribution in [0.25, 0.3) is 11.0 Å². The van der Waals surface area contributed by atoms with Gasteiger partial charge in [-0.3, -0.25) is 19.5 Å². The van der Waals surface area contributed by atoms with Gasteiger partial charge in [-0.15, -0.1) is 0 Å². The van der Waals surface area contributed by atoms with Gasteiger partial charge in [-0.25, -0.2) is 4.79 Å². The van der Waals surface area contributed by atoms with Gasteiger partial charge in [-0.1, -0.05) is 12.1 Å². The van der Waals surface area contributed by atoms with E-state index in [0.29, 0.717) is 32.0 Å². The van der Waals surface area contributed by atoms with E-state index in [1.165, 1.54) is 0 Å². The van der Waals surface area contributed by atoms with Crippen LogP contribution in [0.1, 0.15) is 34.2 Å². The monoisotopic (exact) mass is 395 g/mol. The van der Waals surface area contributed by atoms with Crippen LogP contribution in [-0.4, -0.2) is 57.5 Å². The van der Waals surface area contributed by atoms with Gasteiger partial charge in [0.2, 0.25) is 0 Å². The highest BCUT2D eigenvalue weighted by Gasteiger charge is 2.29. The van der Waals surface area contributed by atoms with Gasteiger partial charge in [0.05, 0.1) is 30.8 Å². The third-order valence-corrected chi connectivity index (χ3v) is 5.17. The number of carbonyl (C=O) groups is 1. The average Bonchev–Trinajstić information content (AvgIpc) is 3.11. The topological polar surface area (TPSA) is 82.4 Å². The summed E-state index contributed by atoms with van der Waals surface area (Å²) in [5, 5.41) is 4.55. The number of para-hydroxylation sites is 1. The highest BCUT2D eigenvalue weighted by atomic mass is 16.5. The Hall–Kier alpha value is -2.84. The average molecular weight is 395 g/mol. The number of methoxy groups -OCH3 is 1. The van der Waals surface area contributed by atoms with E-state index in [1.54, 1.807) is 26.4 Å². The van der Waals surface area contributed by atoms with Crippen LogP contribution in [0.2, 0.25) is 0 Å². The summed E-state index contributed by atoms with van der Waals surface area (Å²) in [6.45, 7) is 5.57. The lowest BCUT2D eigenvalue weighted by Gasteiger charge is -2.28. The van der Waals surface area contributed by atoms with E-state index in [2.05, 4.69) is 26.0 Å². The summed E-state index contributed by atoms with van der Waals surface area (Å²) in [5.41, 5.74) is 5.41. The van der Waals surface area contributed by atoms with Crippen molar-refractivity contribution in [3.63, 3.8) is 0 Å². The van der Waals surface area contributed by atoms with Gasteiger partial charge in [0.25, 0.3) is 0 Å². The summed E-state index contributed by atoms with van der Waals surface area (Å²) in [7, 11) is 1.66. The van der Waals surface area contributed by atoms with Gasteiger partial charge in [0, 0.05) is 56.8 Å². The number of ether oxygens (including phenoxy) is 2. The molecule has 1 aromatic carbocycles. The zero-order chi connectivity index (χ0) is 20.2. The van der Waals surface area contributed by atoms with E-state index in [0.717, 1.165) is 47.4 Å². The van der Waals surface area contributed by atoms with Crippen LogP contribution in [0.5, 0.6) is 0 Å². The van der Waals surface area contributed by atoms with E-state index in [9.17, 15) is 4.79 Å². The number of aromatic nitrogens is 4. The molecule has 0 aliphatic carbocycles. The molecule has 8 nitrogen and oxygen atoms in total. The second kappa shape index (κ2) is 8.67. The molecule has 1 aliphatic heterocycles. The zero-order valence-corrected chi connectivity index (χ0v) is 16.8. The first-order valence-corrected chi connectivity index (χ1v) is 9.86. The molecular formula is C21H25N5O3. The summed E-state index contributed by atoms with van der Waals surface area (Å²) >= 11 is 0. The first-order chi connectivity index (χ1) is 14.2. The van der Waals surface area contributed by atoms with Crippen LogP contribution in [-0.2, 0) is 35.5 Å². The number of nitrogens with zero attached hydrogens (tertiary/aromatic N) is 5. The zero-order valence-electron chi connectivity index (χ0n) is 16.8. The molecule has 0 N–H and O–H groups in total. The van der Waals surface area contributed by atoms with Crippen molar-refractivity contribution in [2.24, 2.45) is 0 Å². The SMILES string of the molecule is CCOC(=O)c1nn(CCOC)c2c1CN(Cc1cccc3nccnc13)CC2. The van der Waals surface area contributed by atoms with Gasteiger partial charge in [0.1, 0.15) is 0 Å². The number of hydrogen-bond donors (Lipinski definition) is 0. The lowest BCUT2D eigenvalue weighted by Crippen LogP contribution is -2.31. The Balaban J connectivity index is 1.61. The summed E-state index contributed by atoms with van der Waals surface area (Å²) in [5.74, 6) is -0.363. The van der Waals surface area contributed by atoms with E-state index < -0.39 is 0 Å². The molecule has 3 heterocycles. The van der Waals surface area contributed by atoms with E-state index in [1.807, 2.05) is 16.8 Å². The van der Waals surface area contributed by atoms with Crippen molar-refractivity contribution in [1.82, 2.24) is 24.6 Å². The van der Waals surface area contributed by atoms with Gasteiger partial charge >= 0.3 is 5.97 Å². The van der Waals surface area contributed by atoms with Crippen LogP contribution in [0.4, 0.5) is 0 Å². The lowest BCUT2D eigenvalue weighted by molar-refractivity contribution is 0.0515. The Kier molecular flexibility index (Phi) is 5.82. The largest absolute Gasteiger partial charge is 0.461 e. The summed E-state index contributed by atoms with van der Waals surface area (Å²) in [6, 6.07) is 6.06. The van der Waals surface area contributed by atoms with Gasteiger partial charge in [-0.2, -0.15) is 5.10 Å². The minimum atomic E-state index is -0.363. The molecule has 2 aromatic heterocycles. The van der Waals surface area contributed by atoms with E-state index in [4.69, 9.17) is 9.47 Å². The number of fused-ring (bicyclic) bond motifs is 2. The third kappa shape index (κ3) is 3.99. The fourth-order valence-electron chi connectivity index (χ4n) is 3.83. The van der Waals surface area contributed by atoms with Crippen molar-refractivity contribution in [1.29, 1.82) is 0 Å². The Morgan fingerprint density at radius 3 is 2.93 bits per heavy atom. The first-order valence-electron chi connectivity index (χ1n) is 9.86. The summed E-state index contributed by atoms with van der Waals surface area (Å²) in [4.78, 5) is 23.7.